The number of aliphatic hydroxyl groups excluding tert-OH is 1. The molecule has 0 bridgehead atoms. The van der Waals surface area contributed by atoms with Gasteiger partial charge in [0.25, 0.3) is 0 Å². The lowest BCUT2D eigenvalue weighted by molar-refractivity contribution is 0.268. The van der Waals surface area contributed by atoms with Gasteiger partial charge in [0, 0.05) is 29.2 Å². The Hall–Kier alpha value is -0.280. The Labute approximate surface area is 100 Å². The summed E-state index contributed by atoms with van der Waals surface area (Å²) in [6.45, 7) is 2.88. The van der Waals surface area contributed by atoms with Gasteiger partial charge in [0.1, 0.15) is 0 Å². The van der Waals surface area contributed by atoms with Crippen LogP contribution < -0.4 is 5.32 Å². The van der Waals surface area contributed by atoms with Gasteiger partial charge in [0.15, 0.2) is 0 Å². The van der Waals surface area contributed by atoms with Crippen molar-refractivity contribution in [3.8, 4) is 0 Å². The van der Waals surface area contributed by atoms with Gasteiger partial charge in [-0.15, -0.1) is 0 Å². The third-order valence-electron chi connectivity index (χ3n) is 2.21. The minimum atomic E-state index is 0.192. The van der Waals surface area contributed by atoms with E-state index >= 15 is 0 Å². The highest BCUT2D eigenvalue weighted by Crippen LogP contribution is 2.20. The van der Waals surface area contributed by atoms with Gasteiger partial charge in [0.05, 0.1) is 0 Å². The number of hydrogen-bond donors (Lipinski definition) is 2. The highest BCUT2D eigenvalue weighted by atomic mass is 35.5. The molecule has 1 rings (SSSR count). The van der Waals surface area contributed by atoms with Gasteiger partial charge in [-0.05, 0) is 37.1 Å². The van der Waals surface area contributed by atoms with E-state index in [0.29, 0.717) is 16.6 Å². The van der Waals surface area contributed by atoms with E-state index in [0.717, 1.165) is 12.0 Å². The van der Waals surface area contributed by atoms with Crippen LogP contribution in [0.25, 0.3) is 0 Å². The molecule has 0 aliphatic rings. The summed E-state index contributed by atoms with van der Waals surface area (Å²) in [5.41, 5.74) is 0.981. The molecule has 0 heterocycles. The average Bonchev–Trinajstić information content (AvgIpc) is 2.20. The van der Waals surface area contributed by atoms with Crippen LogP contribution in [0.15, 0.2) is 18.2 Å². The Balaban J connectivity index is 2.53. The van der Waals surface area contributed by atoms with Crippen LogP contribution in [0.1, 0.15) is 18.9 Å². The highest BCUT2D eigenvalue weighted by molar-refractivity contribution is 6.33. The molecular weight excluding hydrogens is 233 g/mol. The molecule has 0 fully saturated rings. The summed E-state index contributed by atoms with van der Waals surface area (Å²) in [5.74, 6) is 0. The van der Waals surface area contributed by atoms with Gasteiger partial charge in [-0.2, -0.15) is 0 Å². The second-order valence-electron chi connectivity index (χ2n) is 3.53. The first-order valence-corrected chi connectivity index (χ1v) is 5.67. The Morgan fingerprint density at radius 3 is 2.80 bits per heavy atom. The van der Waals surface area contributed by atoms with Crippen molar-refractivity contribution in [2.45, 2.75) is 25.9 Å². The molecule has 1 aromatic rings. The van der Waals surface area contributed by atoms with Crippen molar-refractivity contribution < 1.29 is 5.11 Å². The Kier molecular flexibility index (Phi) is 5.40. The van der Waals surface area contributed by atoms with Crippen molar-refractivity contribution >= 4 is 23.2 Å². The lowest BCUT2D eigenvalue weighted by Gasteiger charge is -2.13. The summed E-state index contributed by atoms with van der Waals surface area (Å²) in [7, 11) is 0. The molecule has 1 atom stereocenters. The van der Waals surface area contributed by atoms with E-state index < -0.39 is 0 Å². The van der Waals surface area contributed by atoms with E-state index in [1.54, 1.807) is 12.1 Å². The Morgan fingerprint density at radius 2 is 2.13 bits per heavy atom. The van der Waals surface area contributed by atoms with Crippen LogP contribution in [0.4, 0.5) is 0 Å². The van der Waals surface area contributed by atoms with Gasteiger partial charge in [-0.3, -0.25) is 0 Å². The molecule has 0 aliphatic heterocycles. The maximum atomic E-state index is 8.75. The monoisotopic (exact) mass is 247 g/mol. The lowest BCUT2D eigenvalue weighted by atomic mass is 10.2. The average molecular weight is 248 g/mol. The van der Waals surface area contributed by atoms with Crippen molar-refractivity contribution in [3.05, 3.63) is 33.8 Å². The molecule has 1 aromatic carbocycles. The first kappa shape index (κ1) is 12.8. The Bertz CT molecular complexity index is 317. The third-order valence-corrected chi connectivity index (χ3v) is 2.81. The maximum Gasteiger partial charge on any atom is 0.0451 e. The zero-order valence-electron chi connectivity index (χ0n) is 8.63. The van der Waals surface area contributed by atoms with Crippen LogP contribution in [-0.4, -0.2) is 17.8 Å². The van der Waals surface area contributed by atoms with Crippen molar-refractivity contribution in [2.24, 2.45) is 0 Å². The van der Waals surface area contributed by atoms with E-state index in [-0.39, 0.29) is 12.6 Å². The first-order valence-electron chi connectivity index (χ1n) is 4.91. The maximum absolute atomic E-state index is 8.75. The first-order chi connectivity index (χ1) is 7.13. The van der Waals surface area contributed by atoms with Gasteiger partial charge in [0.2, 0.25) is 0 Å². The summed E-state index contributed by atoms with van der Waals surface area (Å²) in [4.78, 5) is 0. The van der Waals surface area contributed by atoms with Crippen molar-refractivity contribution in [1.82, 2.24) is 5.32 Å². The number of halogens is 2. The summed E-state index contributed by atoms with van der Waals surface area (Å²) in [6, 6.07) is 5.68. The fourth-order valence-corrected chi connectivity index (χ4v) is 1.64. The Morgan fingerprint density at radius 1 is 1.40 bits per heavy atom. The number of aliphatic hydroxyl groups is 1. The van der Waals surface area contributed by atoms with E-state index in [2.05, 4.69) is 5.32 Å². The normalized spacial score (nSPS) is 12.8. The largest absolute Gasteiger partial charge is 0.396 e. The van der Waals surface area contributed by atoms with Gasteiger partial charge in [-0.25, -0.2) is 0 Å². The third kappa shape index (κ3) is 4.39. The molecule has 84 valence electrons. The number of rotatable bonds is 5. The number of hydrogen-bond acceptors (Lipinski definition) is 2. The smallest absolute Gasteiger partial charge is 0.0451 e. The van der Waals surface area contributed by atoms with Crippen LogP contribution in [-0.2, 0) is 6.54 Å². The van der Waals surface area contributed by atoms with Crippen LogP contribution in [0.5, 0.6) is 0 Å². The molecule has 1 unspecified atom stereocenters. The molecule has 0 radical (unpaired) electrons. The van der Waals surface area contributed by atoms with Crippen molar-refractivity contribution in [3.63, 3.8) is 0 Å². The highest BCUT2D eigenvalue weighted by Gasteiger charge is 2.04. The second-order valence-corrected chi connectivity index (χ2v) is 4.37. The predicted octanol–water partition coefficient (Wildman–Crippen LogP) is 2.85. The van der Waals surface area contributed by atoms with Gasteiger partial charge < -0.3 is 10.4 Å². The minimum absolute atomic E-state index is 0.192. The molecule has 0 saturated carbocycles. The fraction of sp³-hybridized carbons (Fsp3) is 0.455. The molecule has 4 heteroatoms. The van der Waals surface area contributed by atoms with Crippen LogP contribution in [0, 0.1) is 0 Å². The molecule has 15 heavy (non-hydrogen) atoms. The number of nitrogens with one attached hydrogen (secondary N) is 1. The van der Waals surface area contributed by atoms with Gasteiger partial charge in [-0.1, -0.05) is 23.2 Å². The van der Waals surface area contributed by atoms with E-state index in [1.165, 1.54) is 0 Å². The molecule has 0 saturated heterocycles. The van der Waals surface area contributed by atoms with Gasteiger partial charge >= 0.3 is 0 Å². The molecule has 0 aliphatic carbocycles. The summed E-state index contributed by atoms with van der Waals surface area (Å²) in [5, 5.41) is 13.4. The zero-order valence-corrected chi connectivity index (χ0v) is 10.1. The minimum Gasteiger partial charge on any atom is -0.396 e. The molecule has 2 N–H and O–H groups in total. The molecule has 0 amide bonds. The predicted molar refractivity (Wildman–Crippen MR) is 64.5 cm³/mol. The lowest BCUT2D eigenvalue weighted by Crippen LogP contribution is -2.26. The summed E-state index contributed by atoms with van der Waals surface area (Å²) >= 11 is 11.9. The quantitative estimate of drug-likeness (QED) is 0.839. The molecule has 2 nitrogen and oxygen atoms in total. The van der Waals surface area contributed by atoms with E-state index in [1.807, 2.05) is 13.0 Å². The summed E-state index contributed by atoms with van der Waals surface area (Å²) < 4.78 is 0. The fourth-order valence-electron chi connectivity index (χ4n) is 1.26. The standard InChI is InChI=1S/C11H15Cl2NO/c1-8(4-5-15)14-7-9-6-10(12)2-3-11(9)13/h2-3,6,8,14-15H,4-5,7H2,1H3. The van der Waals surface area contributed by atoms with Crippen molar-refractivity contribution in [2.75, 3.05) is 6.61 Å². The molecular formula is C11H15Cl2NO. The molecule has 0 spiro atoms. The zero-order chi connectivity index (χ0) is 11.3. The number of benzene rings is 1. The van der Waals surface area contributed by atoms with Crippen LogP contribution in [0.3, 0.4) is 0 Å². The summed E-state index contributed by atoms with van der Waals surface area (Å²) in [6.07, 6.45) is 0.734. The van der Waals surface area contributed by atoms with Crippen LogP contribution in [0.2, 0.25) is 10.0 Å². The SMILES string of the molecule is CC(CCO)NCc1cc(Cl)ccc1Cl. The molecule has 0 aromatic heterocycles. The van der Waals surface area contributed by atoms with E-state index in [4.69, 9.17) is 28.3 Å². The van der Waals surface area contributed by atoms with Crippen LogP contribution >= 0.6 is 23.2 Å². The van der Waals surface area contributed by atoms with E-state index in [9.17, 15) is 0 Å². The van der Waals surface area contributed by atoms with Crippen molar-refractivity contribution in [1.29, 1.82) is 0 Å². The second kappa shape index (κ2) is 6.33. The topological polar surface area (TPSA) is 32.3 Å².